The van der Waals surface area contributed by atoms with Gasteiger partial charge in [0.25, 0.3) is 0 Å². The number of nitrogens with zero attached hydrogens (tertiary/aromatic N) is 1. The minimum Gasteiger partial charge on any atom is -0.486 e. The summed E-state index contributed by atoms with van der Waals surface area (Å²) in [5.41, 5.74) is 2.51. The first-order chi connectivity index (χ1) is 9.92. The van der Waals surface area contributed by atoms with E-state index in [1.165, 1.54) is 11.1 Å². The minimum absolute atomic E-state index is 0.631. The Bertz CT molecular complexity index is 558. The van der Waals surface area contributed by atoms with E-state index >= 15 is 0 Å². The van der Waals surface area contributed by atoms with E-state index in [1.54, 1.807) is 0 Å². The summed E-state index contributed by atoms with van der Waals surface area (Å²) in [6, 6.07) is 10.2. The van der Waals surface area contributed by atoms with E-state index in [0.717, 1.165) is 31.0 Å². The lowest BCUT2D eigenvalue weighted by Crippen LogP contribution is -2.18. The van der Waals surface area contributed by atoms with Crippen LogP contribution in [-0.4, -0.2) is 24.7 Å². The molecule has 0 saturated carbocycles. The maximum Gasteiger partial charge on any atom is 0.161 e. The van der Waals surface area contributed by atoms with Gasteiger partial charge in [-0.15, -0.1) is 0 Å². The Labute approximate surface area is 118 Å². The van der Waals surface area contributed by atoms with Crippen LogP contribution in [-0.2, 0) is 13.0 Å². The molecule has 2 aromatic rings. The fourth-order valence-corrected chi connectivity index (χ4v) is 2.21. The second-order valence-corrected chi connectivity index (χ2v) is 4.76. The largest absolute Gasteiger partial charge is 0.486 e. The molecule has 1 aliphatic rings. The molecule has 0 spiro atoms. The number of fused-ring (bicyclic) bond motifs is 1. The van der Waals surface area contributed by atoms with Crippen LogP contribution in [0.25, 0.3) is 0 Å². The van der Waals surface area contributed by atoms with Gasteiger partial charge in [0, 0.05) is 18.9 Å². The van der Waals surface area contributed by atoms with E-state index in [9.17, 15) is 0 Å². The van der Waals surface area contributed by atoms with E-state index < -0.39 is 0 Å². The highest BCUT2D eigenvalue weighted by Crippen LogP contribution is 2.30. The van der Waals surface area contributed by atoms with Crippen LogP contribution in [0.4, 0.5) is 0 Å². The number of hydrogen-bond acceptors (Lipinski definition) is 4. The van der Waals surface area contributed by atoms with Crippen LogP contribution in [0, 0.1) is 0 Å². The van der Waals surface area contributed by atoms with Gasteiger partial charge >= 0.3 is 0 Å². The molecule has 4 heteroatoms. The van der Waals surface area contributed by atoms with Crippen LogP contribution in [0.15, 0.2) is 42.7 Å². The van der Waals surface area contributed by atoms with Crippen molar-refractivity contribution in [2.75, 3.05) is 19.8 Å². The molecule has 104 valence electrons. The molecule has 2 heterocycles. The summed E-state index contributed by atoms with van der Waals surface area (Å²) < 4.78 is 11.1. The number of aromatic nitrogens is 1. The number of hydrogen-bond donors (Lipinski definition) is 1. The van der Waals surface area contributed by atoms with Crippen molar-refractivity contribution >= 4 is 0 Å². The molecule has 0 radical (unpaired) electrons. The summed E-state index contributed by atoms with van der Waals surface area (Å²) in [4.78, 5) is 4.02. The highest BCUT2D eigenvalue weighted by molar-refractivity contribution is 5.43. The quantitative estimate of drug-likeness (QED) is 0.846. The third-order valence-electron chi connectivity index (χ3n) is 3.28. The Kier molecular flexibility index (Phi) is 4.13. The van der Waals surface area contributed by atoms with Gasteiger partial charge in [-0.1, -0.05) is 6.07 Å². The lowest BCUT2D eigenvalue weighted by molar-refractivity contribution is 0.171. The van der Waals surface area contributed by atoms with Crippen LogP contribution in [0.5, 0.6) is 11.5 Å². The molecule has 0 unspecified atom stereocenters. The molecule has 0 fully saturated rings. The van der Waals surface area contributed by atoms with Gasteiger partial charge in [-0.3, -0.25) is 4.98 Å². The van der Waals surface area contributed by atoms with Gasteiger partial charge in [-0.05, 0) is 48.4 Å². The average molecular weight is 270 g/mol. The Morgan fingerprint density at radius 2 is 1.75 bits per heavy atom. The van der Waals surface area contributed by atoms with Crippen LogP contribution in [0.3, 0.4) is 0 Å². The van der Waals surface area contributed by atoms with Crippen molar-refractivity contribution in [1.29, 1.82) is 0 Å². The topological polar surface area (TPSA) is 43.4 Å². The van der Waals surface area contributed by atoms with Crippen molar-refractivity contribution in [2.45, 2.75) is 13.0 Å². The maximum atomic E-state index is 5.58. The van der Waals surface area contributed by atoms with Crippen molar-refractivity contribution < 1.29 is 9.47 Å². The maximum absolute atomic E-state index is 5.58. The Balaban J connectivity index is 1.49. The van der Waals surface area contributed by atoms with Crippen molar-refractivity contribution in [3.05, 3.63) is 53.9 Å². The van der Waals surface area contributed by atoms with Gasteiger partial charge in [0.05, 0.1) is 0 Å². The number of nitrogens with one attached hydrogen (secondary N) is 1. The third kappa shape index (κ3) is 3.27. The summed E-state index contributed by atoms with van der Waals surface area (Å²) in [6.45, 7) is 3.04. The van der Waals surface area contributed by atoms with E-state index in [2.05, 4.69) is 16.4 Å². The molecular weight excluding hydrogens is 252 g/mol. The van der Waals surface area contributed by atoms with Crippen LogP contribution in [0.1, 0.15) is 11.1 Å². The average Bonchev–Trinajstić information content (AvgIpc) is 2.52. The fraction of sp³-hybridized carbons (Fsp3) is 0.312. The number of benzene rings is 1. The zero-order chi connectivity index (χ0) is 13.6. The first-order valence-corrected chi connectivity index (χ1v) is 6.90. The van der Waals surface area contributed by atoms with Crippen LogP contribution in [0.2, 0.25) is 0 Å². The minimum atomic E-state index is 0.631. The van der Waals surface area contributed by atoms with Gasteiger partial charge < -0.3 is 14.8 Å². The molecule has 0 bridgehead atoms. The van der Waals surface area contributed by atoms with Crippen molar-refractivity contribution in [1.82, 2.24) is 10.3 Å². The SMILES string of the molecule is c1cc(CCNCc2ccc3c(c2)OCCO3)ccn1. The van der Waals surface area contributed by atoms with E-state index in [1.807, 2.05) is 36.7 Å². The molecule has 1 aromatic carbocycles. The molecule has 3 rings (SSSR count). The van der Waals surface area contributed by atoms with E-state index in [-0.39, 0.29) is 0 Å². The number of rotatable bonds is 5. The number of ether oxygens (including phenoxy) is 2. The van der Waals surface area contributed by atoms with Gasteiger partial charge in [0.15, 0.2) is 11.5 Å². The monoisotopic (exact) mass is 270 g/mol. The molecule has 0 amide bonds. The second kappa shape index (κ2) is 6.39. The zero-order valence-electron chi connectivity index (χ0n) is 11.3. The molecule has 0 aliphatic carbocycles. The molecule has 0 saturated heterocycles. The zero-order valence-corrected chi connectivity index (χ0v) is 11.3. The summed E-state index contributed by atoms with van der Waals surface area (Å²) >= 11 is 0. The lowest BCUT2D eigenvalue weighted by atomic mass is 10.1. The molecule has 1 N–H and O–H groups in total. The molecule has 4 nitrogen and oxygen atoms in total. The second-order valence-electron chi connectivity index (χ2n) is 4.76. The van der Waals surface area contributed by atoms with E-state index in [0.29, 0.717) is 13.2 Å². The Morgan fingerprint density at radius 3 is 2.60 bits per heavy atom. The highest BCUT2D eigenvalue weighted by atomic mass is 16.6. The first kappa shape index (κ1) is 12.9. The van der Waals surface area contributed by atoms with Crippen LogP contribution >= 0.6 is 0 Å². The van der Waals surface area contributed by atoms with Crippen molar-refractivity contribution in [3.8, 4) is 11.5 Å². The van der Waals surface area contributed by atoms with Gasteiger partial charge in [0.2, 0.25) is 0 Å². The molecule has 1 aromatic heterocycles. The smallest absolute Gasteiger partial charge is 0.161 e. The summed E-state index contributed by atoms with van der Waals surface area (Å²) in [6.07, 6.45) is 4.67. The summed E-state index contributed by atoms with van der Waals surface area (Å²) in [5.74, 6) is 1.70. The molecule has 20 heavy (non-hydrogen) atoms. The summed E-state index contributed by atoms with van der Waals surface area (Å²) in [5, 5.41) is 3.44. The van der Waals surface area contributed by atoms with Crippen LogP contribution < -0.4 is 14.8 Å². The fourth-order valence-electron chi connectivity index (χ4n) is 2.21. The van der Waals surface area contributed by atoms with Gasteiger partial charge in [-0.25, -0.2) is 0 Å². The Hall–Kier alpha value is -2.07. The number of pyridine rings is 1. The Morgan fingerprint density at radius 1 is 0.950 bits per heavy atom. The van der Waals surface area contributed by atoms with Gasteiger partial charge in [-0.2, -0.15) is 0 Å². The normalized spacial score (nSPS) is 13.2. The highest BCUT2D eigenvalue weighted by Gasteiger charge is 2.11. The van der Waals surface area contributed by atoms with Crippen molar-refractivity contribution in [2.24, 2.45) is 0 Å². The molecule has 1 aliphatic heterocycles. The predicted octanol–water partition coefficient (Wildman–Crippen LogP) is 2.19. The van der Waals surface area contributed by atoms with E-state index in [4.69, 9.17) is 9.47 Å². The molecular formula is C16H18N2O2. The van der Waals surface area contributed by atoms with Crippen molar-refractivity contribution in [3.63, 3.8) is 0 Å². The standard InChI is InChI=1S/C16H18N2O2/c1-2-15-16(20-10-9-19-15)11-14(1)12-18-8-5-13-3-6-17-7-4-13/h1-4,6-7,11,18H,5,8-10,12H2. The predicted molar refractivity (Wildman–Crippen MR) is 77.1 cm³/mol. The lowest BCUT2D eigenvalue weighted by Gasteiger charge is -2.19. The third-order valence-corrected chi connectivity index (χ3v) is 3.28. The first-order valence-electron chi connectivity index (χ1n) is 6.90. The summed E-state index contributed by atoms with van der Waals surface area (Å²) in [7, 11) is 0. The molecule has 0 atom stereocenters. The van der Waals surface area contributed by atoms with Gasteiger partial charge in [0.1, 0.15) is 13.2 Å².